The van der Waals surface area contributed by atoms with E-state index in [1.54, 1.807) is 25.1 Å². The lowest BCUT2D eigenvalue weighted by atomic mass is 10.2. The molecule has 0 fully saturated rings. The molecule has 17 heavy (non-hydrogen) atoms. The third-order valence-electron chi connectivity index (χ3n) is 2.37. The minimum atomic E-state index is -0.231. The summed E-state index contributed by atoms with van der Waals surface area (Å²) in [6.45, 7) is 1.74. The average molecular weight is 295 g/mol. The Hall–Kier alpha value is -1.75. The van der Waals surface area contributed by atoms with Gasteiger partial charge in [0.15, 0.2) is 0 Å². The molecule has 1 heterocycles. The molecule has 0 aliphatic carbocycles. The maximum Gasteiger partial charge on any atom is 0.259 e. The molecule has 0 saturated heterocycles. The Labute approximate surface area is 107 Å². The Morgan fingerprint density at radius 2 is 2.18 bits per heavy atom. The van der Waals surface area contributed by atoms with Crippen molar-refractivity contribution in [1.82, 2.24) is 0 Å². The van der Waals surface area contributed by atoms with Gasteiger partial charge in [0, 0.05) is 4.47 Å². The molecule has 2 rings (SSSR count). The molecule has 0 bridgehead atoms. The van der Waals surface area contributed by atoms with Gasteiger partial charge in [0.25, 0.3) is 5.91 Å². The normalized spacial score (nSPS) is 10.2. The van der Waals surface area contributed by atoms with Crippen LogP contribution in [0, 0.1) is 6.92 Å². The number of nitrogen functional groups attached to an aromatic ring is 1. The van der Waals surface area contributed by atoms with E-state index in [-0.39, 0.29) is 5.91 Å². The van der Waals surface area contributed by atoms with Crippen LogP contribution in [-0.2, 0) is 0 Å². The SMILES string of the molecule is Cc1occc1C(=O)Nc1ccc(Br)cc1N. The summed E-state index contributed by atoms with van der Waals surface area (Å²) >= 11 is 3.31. The van der Waals surface area contributed by atoms with E-state index in [2.05, 4.69) is 21.2 Å². The summed E-state index contributed by atoms with van der Waals surface area (Å²) in [6.07, 6.45) is 1.48. The highest BCUT2D eigenvalue weighted by Crippen LogP contribution is 2.23. The van der Waals surface area contributed by atoms with E-state index in [9.17, 15) is 4.79 Å². The number of nitrogens with one attached hydrogen (secondary N) is 1. The molecule has 5 heteroatoms. The van der Waals surface area contributed by atoms with Gasteiger partial charge >= 0.3 is 0 Å². The van der Waals surface area contributed by atoms with Crippen LogP contribution in [0.5, 0.6) is 0 Å². The molecule has 0 aliphatic heterocycles. The first-order chi connectivity index (χ1) is 8.08. The molecule has 0 spiro atoms. The first-order valence-electron chi connectivity index (χ1n) is 4.98. The van der Waals surface area contributed by atoms with Crippen molar-refractivity contribution >= 4 is 33.2 Å². The minimum absolute atomic E-state index is 0.231. The fraction of sp³-hybridized carbons (Fsp3) is 0.0833. The highest BCUT2D eigenvalue weighted by Gasteiger charge is 2.12. The molecule has 1 aromatic heterocycles. The van der Waals surface area contributed by atoms with Crippen molar-refractivity contribution in [2.45, 2.75) is 6.92 Å². The number of carbonyl (C=O) groups is 1. The predicted molar refractivity (Wildman–Crippen MR) is 70.0 cm³/mol. The Balaban J connectivity index is 2.22. The van der Waals surface area contributed by atoms with Gasteiger partial charge in [0.05, 0.1) is 23.2 Å². The van der Waals surface area contributed by atoms with Crippen molar-refractivity contribution in [3.8, 4) is 0 Å². The summed E-state index contributed by atoms with van der Waals surface area (Å²) in [6, 6.07) is 6.92. The van der Waals surface area contributed by atoms with E-state index in [4.69, 9.17) is 10.2 Å². The first-order valence-corrected chi connectivity index (χ1v) is 5.77. The molecule has 0 saturated carbocycles. The summed E-state index contributed by atoms with van der Waals surface area (Å²) in [5, 5.41) is 2.74. The number of rotatable bonds is 2. The number of amides is 1. The summed E-state index contributed by atoms with van der Waals surface area (Å²) in [4.78, 5) is 11.9. The molecule has 0 unspecified atom stereocenters. The third-order valence-corrected chi connectivity index (χ3v) is 2.86. The second-order valence-corrected chi connectivity index (χ2v) is 4.49. The molecule has 4 nitrogen and oxygen atoms in total. The third kappa shape index (κ3) is 2.50. The van der Waals surface area contributed by atoms with Crippen LogP contribution in [0.1, 0.15) is 16.1 Å². The molecule has 0 atom stereocenters. The fourth-order valence-corrected chi connectivity index (χ4v) is 1.84. The summed E-state index contributed by atoms with van der Waals surface area (Å²) < 4.78 is 5.94. The number of furan rings is 1. The second-order valence-electron chi connectivity index (χ2n) is 3.58. The summed E-state index contributed by atoms with van der Waals surface area (Å²) in [7, 11) is 0. The Morgan fingerprint density at radius 3 is 2.76 bits per heavy atom. The molecule has 1 amide bonds. The summed E-state index contributed by atoms with van der Waals surface area (Å²) in [5.41, 5.74) is 7.39. The number of nitrogens with two attached hydrogens (primary N) is 1. The van der Waals surface area contributed by atoms with Gasteiger partial charge in [-0.2, -0.15) is 0 Å². The van der Waals surface area contributed by atoms with E-state index >= 15 is 0 Å². The van der Waals surface area contributed by atoms with Crippen LogP contribution in [0.2, 0.25) is 0 Å². The zero-order valence-electron chi connectivity index (χ0n) is 9.16. The maximum absolute atomic E-state index is 11.9. The lowest BCUT2D eigenvalue weighted by Gasteiger charge is -2.07. The molecule has 1 aromatic carbocycles. The van der Waals surface area contributed by atoms with Crippen molar-refractivity contribution in [3.63, 3.8) is 0 Å². The smallest absolute Gasteiger partial charge is 0.259 e. The monoisotopic (exact) mass is 294 g/mol. The number of halogens is 1. The minimum Gasteiger partial charge on any atom is -0.469 e. The highest BCUT2D eigenvalue weighted by atomic mass is 79.9. The topological polar surface area (TPSA) is 68.3 Å². The lowest BCUT2D eigenvalue weighted by molar-refractivity contribution is 0.102. The van der Waals surface area contributed by atoms with Crippen LogP contribution in [0.15, 0.2) is 39.4 Å². The number of hydrogen-bond acceptors (Lipinski definition) is 3. The fourth-order valence-electron chi connectivity index (χ4n) is 1.46. The number of hydrogen-bond donors (Lipinski definition) is 2. The number of anilines is 2. The standard InChI is InChI=1S/C12H11BrN2O2/c1-7-9(4-5-17-7)12(16)15-11-3-2-8(13)6-10(11)14/h2-6H,14H2,1H3,(H,15,16). The van der Waals surface area contributed by atoms with E-state index in [1.807, 2.05) is 6.07 Å². The van der Waals surface area contributed by atoms with Crippen LogP contribution in [0.4, 0.5) is 11.4 Å². The average Bonchev–Trinajstić information content (AvgIpc) is 2.68. The maximum atomic E-state index is 11.9. The van der Waals surface area contributed by atoms with Gasteiger partial charge in [-0.25, -0.2) is 0 Å². The van der Waals surface area contributed by atoms with Crippen molar-refractivity contribution in [2.24, 2.45) is 0 Å². The lowest BCUT2D eigenvalue weighted by Crippen LogP contribution is -2.13. The summed E-state index contributed by atoms with van der Waals surface area (Å²) in [5.74, 6) is 0.350. The zero-order valence-corrected chi connectivity index (χ0v) is 10.7. The first kappa shape index (κ1) is 11.7. The van der Waals surface area contributed by atoms with Crippen molar-refractivity contribution in [3.05, 3.63) is 46.3 Å². The van der Waals surface area contributed by atoms with Gasteiger partial charge in [-0.05, 0) is 31.2 Å². The van der Waals surface area contributed by atoms with Gasteiger partial charge in [0.1, 0.15) is 5.76 Å². The Kier molecular flexibility index (Phi) is 3.19. The van der Waals surface area contributed by atoms with Gasteiger partial charge in [-0.3, -0.25) is 4.79 Å². The highest BCUT2D eigenvalue weighted by molar-refractivity contribution is 9.10. The second kappa shape index (κ2) is 4.63. The van der Waals surface area contributed by atoms with Crippen molar-refractivity contribution < 1.29 is 9.21 Å². The molecular formula is C12H11BrN2O2. The van der Waals surface area contributed by atoms with E-state index in [1.165, 1.54) is 6.26 Å². The molecule has 2 aromatic rings. The van der Waals surface area contributed by atoms with E-state index < -0.39 is 0 Å². The molecule has 0 aliphatic rings. The predicted octanol–water partition coefficient (Wildman–Crippen LogP) is 3.19. The van der Waals surface area contributed by atoms with Crippen molar-refractivity contribution in [1.29, 1.82) is 0 Å². The molecule has 88 valence electrons. The van der Waals surface area contributed by atoms with Gasteiger partial charge < -0.3 is 15.5 Å². The zero-order chi connectivity index (χ0) is 12.4. The molecular weight excluding hydrogens is 284 g/mol. The number of carbonyl (C=O) groups excluding carboxylic acids is 1. The van der Waals surface area contributed by atoms with Crippen LogP contribution in [0.25, 0.3) is 0 Å². The van der Waals surface area contributed by atoms with Crippen LogP contribution in [-0.4, -0.2) is 5.91 Å². The molecule has 3 N–H and O–H groups in total. The van der Waals surface area contributed by atoms with Crippen molar-refractivity contribution in [2.75, 3.05) is 11.1 Å². The Morgan fingerprint density at radius 1 is 1.41 bits per heavy atom. The largest absolute Gasteiger partial charge is 0.469 e. The van der Waals surface area contributed by atoms with E-state index in [0.29, 0.717) is 22.7 Å². The number of benzene rings is 1. The number of aryl methyl sites for hydroxylation is 1. The van der Waals surface area contributed by atoms with Gasteiger partial charge in [-0.1, -0.05) is 15.9 Å². The van der Waals surface area contributed by atoms with E-state index in [0.717, 1.165) is 4.47 Å². The quantitative estimate of drug-likeness (QED) is 0.836. The van der Waals surface area contributed by atoms with Crippen LogP contribution < -0.4 is 11.1 Å². The van der Waals surface area contributed by atoms with Crippen LogP contribution in [0.3, 0.4) is 0 Å². The van der Waals surface area contributed by atoms with Gasteiger partial charge in [-0.15, -0.1) is 0 Å². The van der Waals surface area contributed by atoms with Gasteiger partial charge in [0.2, 0.25) is 0 Å². The molecule has 0 radical (unpaired) electrons. The Bertz CT molecular complexity index is 563. The van der Waals surface area contributed by atoms with Crippen LogP contribution >= 0.6 is 15.9 Å².